The quantitative estimate of drug-likeness (QED) is 0.542. The topological polar surface area (TPSA) is 58.9 Å². The summed E-state index contributed by atoms with van der Waals surface area (Å²) < 4.78 is 26.0. The average Bonchev–Trinajstić information content (AvgIpc) is 1.67. The van der Waals surface area contributed by atoms with Crippen molar-refractivity contribution in [3.8, 4) is 0 Å². The van der Waals surface area contributed by atoms with Crippen LogP contribution in [0.4, 0.5) is 0 Å². The molecule has 0 bridgehead atoms. The van der Waals surface area contributed by atoms with Gasteiger partial charge in [-0.2, -0.15) is 0 Å². The van der Waals surface area contributed by atoms with E-state index in [-0.39, 0.29) is 6.61 Å². The first-order valence-electron chi connectivity index (χ1n) is 2.26. The summed E-state index contributed by atoms with van der Waals surface area (Å²) in [4.78, 5) is 0. The van der Waals surface area contributed by atoms with E-state index in [1.54, 1.807) is 6.92 Å². The van der Waals surface area contributed by atoms with E-state index in [4.69, 9.17) is 7.38 Å². The Morgan fingerprint density at radius 3 is 2.12 bits per heavy atom. The monoisotopic (exact) mass is 158 g/mol. The second-order valence-electron chi connectivity index (χ2n) is 1.19. The van der Waals surface area contributed by atoms with Gasteiger partial charge in [0.2, 0.25) is 0 Å². The molecule has 0 aliphatic heterocycles. The Labute approximate surface area is 53.3 Å². The van der Waals surface area contributed by atoms with Gasteiger partial charge in [-0.15, -0.1) is 0 Å². The molecular formula is C3H10O4Ti. The van der Waals surface area contributed by atoms with E-state index in [2.05, 4.69) is 6.64 Å². The second kappa shape index (κ2) is 3.56. The summed E-state index contributed by atoms with van der Waals surface area (Å²) in [5.74, 6) is 0. The number of hydrogen-bond acceptors (Lipinski definition) is 4. The Balaban J connectivity index is 3.37. The number of rotatable bonds is 3. The Morgan fingerprint density at radius 2 is 2.00 bits per heavy atom. The molecule has 0 aromatic carbocycles. The fourth-order valence-corrected chi connectivity index (χ4v) is 1.02. The summed E-state index contributed by atoms with van der Waals surface area (Å²) in [5.41, 5.74) is 0. The van der Waals surface area contributed by atoms with E-state index >= 15 is 0 Å². The van der Waals surface area contributed by atoms with Crippen molar-refractivity contribution in [1.29, 1.82) is 0 Å². The summed E-state index contributed by atoms with van der Waals surface area (Å²) in [7, 11) is 1.22. The first-order valence-corrected chi connectivity index (χ1v) is 4.93. The van der Waals surface area contributed by atoms with Gasteiger partial charge in [-0.3, -0.25) is 0 Å². The third-order valence-electron chi connectivity index (χ3n) is 0.598. The molecule has 0 spiro atoms. The molecule has 0 aromatic rings. The van der Waals surface area contributed by atoms with Crippen LogP contribution in [0.1, 0.15) is 6.92 Å². The van der Waals surface area contributed by atoms with Gasteiger partial charge in [0.15, 0.2) is 0 Å². The van der Waals surface area contributed by atoms with Crippen LogP contribution in [0, 0.1) is 0 Å². The van der Waals surface area contributed by atoms with Gasteiger partial charge in [0.1, 0.15) is 0 Å². The van der Waals surface area contributed by atoms with Gasteiger partial charge in [-0.05, 0) is 0 Å². The summed E-state index contributed by atoms with van der Waals surface area (Å²) in [5, 5.41) is 0. The molecular weight excluding hydrogens is 148 g/mol. The van der Waals surface area contributed by atoms with Crippen LogP contribution in [-0.2, 0) is 24.8 Å². The van der Waals surface area contributed by atoms with Gasteiger partial charge >= 0.3 is 52.8 Å². The molecule has 0 aromatic heterocycles. The predicted octanol–water partition coefficient (Wildman–Crippen LogP) is -0.532. The van der Waals surface area contributed by atoms with Crippen LogP contribution in [-0.4, -0.2) is 21.1 Å². The number of hydrogen-bond donors (Lipinski definition) is 2. The predicted molar refractivity (Wildman–Crippen MR) is 23.1 cm³/mol. The Morgan fingerprint density at radius 1 is 1.50 bits per heavy atom. The Hall–Kier alpha value is 0.554. The van der Waals surface area contributed by atoms with Crippen molar-refractivity contribution in [1.82, 2.24) is 0 Å². The summed E-state index contributed by atoms with van der Waals surface area (Å²) in [6.45, 7) is 1.95. The van der Waals surface area contributed by atoms with Crippen molar-refractivity contribution in [2.75, 3.05) is 13.7 Å². The molecule has 50 valence electrons. The Bertz CT molecular complexity index is 64.3. The van der Waals surface area contributed by atoms with Gasteiger partial charge < -0.3 is 0 Å². The van der Waals surface area contributed by atoms with E-state index in [1.165, 1.54) is 7.11 Å². The van der Waals surface area contributed by atoms with Crippen LogP contribution < -0.4 is 0 Å². The molecule has 0 aliphatic carbocycles. The van der Waals surface area contributed by atoms with Crippen LogP contribution in [0.2, 0.25) is 0 Å². The van der Waals surface area contributed by atoms with Crippen molar-refractivity contribution < 1.29 is 32.2 Å². The first-order chi connectivity index (χ1) is 3.62. The zero-order chi connectivity index (χ0) is 6.62. The van der Waals surface area contributed by atoms with Crippen LogP contribution in [0.15, 0.2) is 0 Å². The molecule has 5 heteroatoms. The average molecular weight is 158 g/mol. The van der Waals surface area contributed by atoms with Gasteiger partial charge in [-0.25, -0.2) is 0 Å². The van der Waals surface area contributed by atoms with Gasteiger partial charge in [0.05, 0.1) is 0 Å². The summed E-state index contributed by atoms with van der Waals surface area (Å²) in [6, 6.07) is 0. The third-order valence-corrected chi connectivity index (χ3v) is 2.47. The first kappa shape index (κ1) is 8.55. The fourth-order valence-electron chi connectivity index (χ4n) is 0.247. The molecule has 0 radical (unpaired) electrons. The molecule has 0 unspecified atom stereocenters. The van der Waals surface area contributed by atoms with Gasteiger partial charge in [-0.1, -0.05) is 0 Å². The molecule has 0 saturated carbocycles. The van der Waals surface area contributed by atoms with E-state index in [1.807, 2.05) is 0 Å². The van der Waals surface area contributed by atoms with Crippen molar-refractivity contribution >= 4 is 0 Å². The molecule has 0 aliphatic rings. The van der Waals surface area contributed by atoms with E-state index < -0.39 is 18.1 Å². The molecule has 0 heterocycles. The molecule has 4 nitrogen and oxygen atoms in total. The SMILES string of the molecule is CC[O][Ti]([OH])([OH])[O]C. The van der Waals surface area contributed by atoms with Crippen molar-refractivity contribution in [3.05, 3.63) is 0 Å². The molecule has 2 N–H and O–H groups in total. The minimum absolute atomic E-state index is 0.279. The minimum atomic E-state index is -4.12. The molecule has 8 heavy (non-hydrogen) atoms. The fraction of sp³-hybridized carbons (Fsp3) is 1.00. The van der Waals surface area contributed by atoms with E-state index in [0.29, 0.717) is 0 Å². The maximum atomic E-state index is 8.62. The summed E-state index contributed by atoms with van der Waals surface area (Å²) >= 11 is -4.12. The normalized spacial score (nSPS) is 12.0. The third kappa shape index (κ3) is 3.54. The Kier molecular flexibility index (Phi) is 3.80. The van der Waals surface area contributed by atoms with Crippen LogP contribution in [0.3, 0.4) is 0 Å². The van der Waals surface area contributed by atoms with Gasteiger partial charge in [0, 0.05) is 0 Å². The van der Waals surface area contributed by atoms with E-state index in [9.17, 15) is 0 Å². The van der Waals surface area contributed by atoms with Gasteiger partial charge in [0.25, 0.3) is 0 Å². The standard InChI is InChI=1S/C2H5O.CH3O.2H2O.Ti/c1-2-3;1-2;;;/h2H2,1H3;1H3;2*1H2;/q2*-1;;;+4/p-2. The maximum absolute atomic E-state index is 8.62. The van der Waals surface area contributed by atoms with Crippen molar-refractivity contribution in [2.24, 2.45) is 0 Å². The molecule has 0 saturated heterocycles. The van der Waals surface area contributed by atoms with Crippen molar-refractivity contribution in [3.63, 3.8) is 0 Å². The van der Waals surface area contributed by atoms with Crippen molar-refractivity contribution in [2.45, 2.75) is 6.92 Å². The van der Waals surface area contributed by atoms with E-state index in [0.717, 1.165) is 0 Å². The van der Waals surface area contributed by atoms with Crippen LogP contribution in [0.25, 0.3) is 0 Å². The zero-order valence-corrected chi connectivity index (χ0v) is 6.48. The molecule has 0 amide bonds. The zero-order valence-electron chi connectivity index (χ0n) is 4.92. The summed E-state index contributed by atoms with van der Waals surface area (Å²) in [6.07, 6.45) is 0. The second-order valence-corrected chi connectivity index (χ2v) is 3.99. The van der Waals surface area contributed by atoms with Crippen LogP contribution >= 0.6 is 0 Å². The molecule has 0 rings (SSSR count). The molecule has 0 atom stereocenters. The molecule has 0 fully saturated rings. The van der Waals surface area contributed by atoms with Crippen LogP contribution in [0.5, 0.6) is 0 Å².